The van der Waals surface area contributed by atoms with Gasteiger partial charge in [0, 0.05) is 10.6 Å². The van der Waals surface area contributed by atoms with Gasteiger partial charge in [-0.1, -0.05) is 17.7 Å². The minimum atomic E-state index is 0.0897. The Morgan fingerprint density at radius 3 is 2.71 bits per heavy atom. The van der Waals surface area contributed by atoms with Crippen LogP contribution in [-0.4, -0.2) is 14.8 Å². The minimum Gasteiger partial charge on any atom is -0.293 e. The van der Waals surface area contributed by atoms with Crippen LogP contribution in [0.2, 0.25) is 5.02 Å². The van der Waals surface area contributed by atoms with Gasteiger partial charge in [-0.2, -0.15) is 5.10 Å². The van der Waals surface area contributed by atoms with Crippen molar-refractivity contribution in [1.82, 2.24) is 14.8 Å². The second-order valence-electron chi connectivity index (χ2n) is 3.71. The summed E-state index contributed by atoms with van der Waals surface area (Å²) >= 11 is 11.1. The molecule has 1 unspecified atom stereocenters. The number of nitrogens with one attached hydrogen (secondary N) is 1. The van der Waals surface area contributed by atoms with Crippen LogP contribution >= 0.6 is 23.8 Å². The van der Waals surface area contributed by atoms with E-state index in [1.807, 2.05) is 41.8 Å². The van der Waals surface area contributed by atoms with Gasteiger partial charge in [-0.05, 0) is 43.4 Å². The van der Waals surface area contributed by atoms with E-state index in [1.165, 1.54) is 0 Å². The van der Waals surface area contributed by atoms with E-state index in [-0.39, 0.29) is 6.04 Å². The zero-order valence-electron chi connectivity index (χ0n) is 9.35. The lowest BCUT2D eigenvalue weighted by Crippen LogP contribution is -2.04. The lowest BCUT2D eigenvalue weighted by atomic mass is 10.2. The SMILES string of the molecule is C=CC(C)n1c(-c2ccc(Cl)cc2)n[nH]c1=S. The summed E-state index contributed by atoms with van der Waals surface area (Å²) in [5.74, 6) is 0.791. The third-order valence-electron chi connectivity index (χ3n) is 2.56. The fraction of sp³-hybridized carbons (Fsp3) is 0.167. The van der Waals surface area contributed by atoms with Gasteiger partial charge in [-0.15, -0.1) is 6.58 Å². The molecule has 0 bridgehead atoms. The molecule has 0 saturated carbocycles. The number of nitrogens with zero attached hydrogens (tertiary/aromatic N) is 2. The molecule has 1 heterocycles. The average Bonchev–Trinajstić information content (AvgIpc) is 2.71. The number of allylic oxidation sites excluding steroid dienone is 1. The molecule has 0 fully saturated rings. The van der Waals surface area contributed by atoms with Crippen LogP contribution in [0.3, 0.4) is 0 Å². The van der Waals surface area contributed by atoms with Crippen LogP contribution in [0.5, 0.6) is 0 Å². The zero-order valence-corrected chi connectivity index (χ0v) is 10.9. The molecule has 1 atom stereocenters. The molecule has 0 aliphatic rings. The van der Waals surface area contributed by atoms with Crippen molar-refractivity contribution in [1.29, 1.82) is 0 Å². The van der Waals surface area contributed by atoms with E-state index in [9.17, 15) is 0 Å². The topological polar surface area (TPSA) is 33.6 Å². The summed E-state index contributed by atoms with van der Waals surface area (Å²) in [5, 5.41) is 7.74. The highest BCUT2D eigenvalue weighted by atomic mass is 35.5. The van der Waals surface area contributed by atoms with E-state index in [0.29, 0.717) is 9.79 Å². The number of aromatic amines is 1. The van der Waals surface area contributed by atoms with Crippen LogP contribution in [0.25, 0.3) is 11.4 Å². The molecule has 2 aromatic rings. The first-order valence-corrected chi connectivity index (χ1v) is 5.97. The first-order chi connectivity index (χ1) is 8.13. The number of H-pyrrole nitrogens is 1. The second kappa shape index (κ2) is 4.85. The average molecular weight is 266 g/mol. The predicted molar refractivity (Wildman–Crippen MR) is 72.8 cm³/mol. The van der Waals surface area contributed by atoms with Crippen molar-refractivity contribution >= 4 is 23.8 Å². The molecule has 88 valence electrons. The van der Waals surface area contributed by atoms with Crippen molar-refractivity contribution < 1.29 is 0 Å². The largest absolute Gasteiger partial charge is 0.293 e. The Balaban J connectivity index is 2.56. The van der Waals surface area contributed by atoms with Crippen LogP contribution in [0.1, 0.15) is 13.0 Å². The van der Waals surface area contributed by atoms with E-state index in [4.69, 9.17) is 23.8 Å². The minimum absolute atomic E-state index is 0.0897. The third kappa shape index (κ3) is 2.33. The molecule has 0 amide bonds. The van der Waals surface area contributed by atoms with E-state index >= 15 is 0 Å². The van der Waals surface area contributed by atoms with Crippen molar-refractivity contribution in [3.63, 3.8) is 0 Å². The summed E-state index contributed by atoms with van der Waals surface area (Å²) in [6, 6.07) is 7.58. The Kier molecular flexibility index (Phi) is 3.45. The first kappa shape index (κ1) is 12.1. The Bertz CT molecular complexity index is 583. The monoisotopic (exact) mass is 265 g/mol. The molecule has 1 aromatic carbocycles. The fourth-order valence-electron chi connectivity index (χ4n) is 1.59. The Labute approximate surface area is 110 Å². The highest BCUT2D eigenvalue weighted by Crippen LogP contribution is 2.23. The summed E-state index contributed by atoms with van der Waals surface area (Å²) in [4.78, 5) is 0. The molecular formula is C12H12ClN3S. The van der Waals surface area contributed by atoms with Crippen molar-refractivity contribution in [3.05, 3.63) is 46.7 Å². The number of benzene rings is 1. The number of halogens is 1. The molecule has 1 N–H and O–H groups in total. The van der Waals surface area contributed by atoms with E-state index in [2.05, 4.69) is 16.8 Å². The van der Waals surface area contributed by atoms with Gasteiger partial charge in [0.15, 0.2) is 10.6 Å². The van der Waals surface area contributed by atoms with Crippen molar-refractivity contribution in [2.75, 3.05) is 0 Å². The van der Waals surface area contributed by atoms with Gasteiger partial charge < -0.3 is 0 Å². The smallest absolute Gasteiger partial charge is 0.195 e. The summed E-state index contributed by atoms with van der Waals surface area (Å²) in [5.41, 5.74) is 0.968. The molecule has 0 aliphatic heterocycles. The molecule has 2 rings (SSSR count). The fourth-order valence-corrected chi connectivity index (χ4v) is 2.01. The van der Waals surface area contributed by atoms with E-state index in [1.54, 1.807) is 0 Å². The standard InChI is InChI=1S/C12H12ClN3S/c1-3-8(2)16-11(14-15-12(16)17)9-4-6-10(13)7-5-9/h3-8H,1H2,2H3,(H,15,17). The molecule has 3 nitrogen and oxygen atoms in total. The summed E-state index contributed by atoms with van der Waals surface area (Å²) in [6.45, 7) is 5.79. The van der Waals surface area contributed by atoms with Gasteiger partial charge in [0.05, 0.1) is 6.04 Å². The van der Waals surface area contributed by atoms with Crippen LogP contribution in [0.4, 0.5) is 0 Å². The van der Waals surface area contributed by atoms with Crippen LogP contribution in [0.15, 0.2) is 36.9 Å². The summed E-state index contributed by atoms with van der Waals surface area (Å²) < 4.78 is 2.51. The number of hydrogen-bond donors (Lipinski definition) is 1. The van der Waals surface area contributed by atoms with Gasteiger partial charge in [-0.3, -0.25) is 9.67 Å². The predicted octanol–water partition coefficient (Wildman–Crippen LogP) is 4.01. The highest BCUT2D eigenvalue weighted by molar-refractivity contribution is 7.71. The van der Waals surface area contributed by atoms with E-state index < -0.39 is 0 Å². The van der Waals surface area contributed by atoms with Crippen LogP contribution in [0, 0.1) is 4.77 Å². The van der Waals surface area contributed by atoms with Gasteiger partial charge in [-0.25, -0.2) is 0 Å². The zero-order chi connectivity index (χ0) is 12.4. The molecule has 1 aromatic heterocycles. The maximum Gasteiger partial charge on any atom is 0.195 e. The van der Waals surface area contributed by atoms with Gasteiger partial charge >= 0.3 is 0 Å². The number of rotatable bonds is 3. The molecular weight excluding hydrogens is 254 g/mol. The Morgan fingerprint density at radius 1 is 1.47 bits per heavy atom. The second-order valence-corrected chi connectivity index (χ2v) is 4.53. The Morgan fingerprint density at radius 2 is 2.12 bits per heavy atom. The maximum atomic E-state index is 5.86. The first-order valence-electron chi connectivity index (χ1n) is 5.19. The third-order valence-corrected chi connectivity index (χ3v) is 3.10. The van der Waals surface area contributed by atoms with Gasteiger partial charge in [0.2, 0.25) is 0 Å². The quantitative estimate of drug-likeness (QED) is 0.672. The highest BCUT2D eigenvalue weighted by Gasteiger charge is 2.11. The van der Waals surface area contributed by atoms with Crippen molar-refractivity contribution in [3.8, 4) is 11.4 Å². The van der Waals surface area contributed by atoms with Crippen LogP contribution < -0.4 is 0 Å². The summed E-state index contributed by atoms with van der Waals surface area (Å²) in [6.07, 6.45) is 1.82. The van der Waals surface area contributed by atoms with Crippen molar-refractivity contribution in [2.24, 2.45) is 0 Å². The van der Waals surface area contributed by atoms with Gasteiger partial charge in [0.1, 0.15) is 0 Å². The Hall–Kier alpha value is -1.39. The number of aromatic nitrogens is 3. The normalized spacial score (nSPS) is 12.4. The lowest BCUT2D eigenvalue weighted by Gasteiger charge is -2.11. The molecule has 17 heavy (non-hydrogen) atoms. The van der Waals surface area contributed by atoms with Crippen molar-refractivity contribution in [2.45, 2.75) is 13.0 Å². The van der Waals surface area contributed by atoms with Gasteiger partial charge in [0.25, 0.3) is 0 Å². The molecule has 5 heteroatoms. The molecule has 0 radical (unpaired) electrons. The molecule has 0 spiro atoms. The van der Waals surface area contributed by atoms with Crippen LogP contribution in [-0.2, 0) is 0 Å². The summed E-state index contributed by atoms with van der Waals surface area (Å²) in [7, 11) is 0. The lowest BCUT2D eigenvalue weighted by molar-refractivity contribution is 0.657. The molecule has 0 saturated heterocycles. The maximum absolute atomic E-state index is 5.86. The number of hydrogen-bond acceptors (Lipinski definition) is 2. The molecule has 0 aliphatic carbocycles. The van der Waals surface area contributed by atoms with E-state index in [0.717, 1.165) is 11.4 Å².